The van der Waals surface area contributed by atoms with Crippen LogP contribution >= 0.6 is 0 Å². The molecule has 0 amide bonds. The Morgan fingerprint density at radius 3 is 2.40 bits per heavy atom. The molecule has 0 saturated carbocycles. The van der Waals surface area contributed by atoms with Crippen LogP contribution < -0.4 is 9.62 Å². The molecule has 0 aromatic heterocycles. The molecule has 0 bridgehead atoms. The molecule has 4 nitrogen and oxygen atoms in total. The molecule has 0 fully saturated rings. The van der Waals surface area contributed by atoms with Gasteiger partial charge in [0.25, 0.3) is 0 Å². The van der Waals surface area contributed by atoms with E-state index in [9.17, 15) is 8.42 Å². The fourth-order valence-electron chi connectivity index (χ4n) is 2.17. The first kappa shape index (κ1) is 14.8. The summed E-state index contributed by atoms with van der Waals surface area (Å²) in [4.78, 5) is 2.29. The number of nitrogens with one attached hydrogen (secondary N) is 1. The fraction of sp³-hybridized carbons (Fsp3) is 0.267. The summed E-state index contributed by atoms with van der Waals surface area (Å²) in [6, 6.07) is 11.0. The van der Waals surface area contributed by atoms with E-state index in [1.165, 1.54) is 0 Å². The van der Waals surface area contributed by atoms with Crippen molar-refractivity contribution in [2.75, 3.05) is 25.5 Å². The number of nitrogens with zero attached hydrogens (tertiary/aromatic N) is 1. The Morgan fingerprint density at radius 1 is 1.10 bits per heavy atom. The molecule has 0 unspecified atom stereocenters. The molecule has 1 radical (unpaired) electrons. The van der Waals surface area contributed by atoms with Gasteiger partial charge in [0.05, 0.1) is 4.90 Å². The van der Waals surface area contributed by atoms with Crippen molar-refractivity contribution in [3.8, 4) is 0 Å². The van der Waals surface area contributed by atoms with Crippen LogP contribution in [-0.2, 0) is 10.0 Å². The van der Waals surface area contributed by atoms with Crippen LogP contribution in [0.25, 0.3) is 10.8 Å². The van der Waals surface area contributed by atoms with Crippen molar-refractivity contribution in [1.29, 1.82) is 0 Å². The summed E-state index contributed by atoms with van der Waals surface area (Å²) in [7, 11) is 0.383. The van der Waals surface area contributed by atoms with Crippen LogP contribution in [0, 0.1) is 6.92 Å². The monoisotopic (exact) mass is 291 g/mol. The highest BCUT2D eigenvalue weighted by atomic mass is 32.2. The maximum Gasteiger partial charge on any atom is 0.241 e. The van der Waals surface area contributed by atoms with Crippen LogP contribution in [0.15, 0.2) is 41.3 Å². The zero-order valence-electron chi connectivity index (χ0n) is 11.8. The molecule has 0 heterocycles. The Balaban J connectivity index is 2.64. The van der Waals surface area contributed by atoms with Crippen LogP contribution in [0.5, 0.6) is 0 Å². The van der Waals surface area contributed by atoms with E-state index in [1.807, 2.05) is 43.3 Å². The van der Waals surface area contributed by atoms with E-state index in [2.05, 4.69) is 11.6 Å². The summed E-state index contributed by atoms with van der Waals surface area (Å²) in [5.74, 6) is 0. The first-order chi connectivity index (χ1) is 9.47. The van der Waals surface area contributed by atoms with Gasteiger partial charge in [0.15, 0.2) is 0 Å². The molecule has 0 aliphatic heterocycles. The summed E-state index contributed by atoms with van der Waals surface area (Å²) in [5, 5.41) is 1.66. The smallest absolute Gasteiger partial charge is 0.241 e. The van der Waals surface area contributed by atoms with Gasteiger partial charge in [0.2, 0.25) is 10.0 Å². The predicted octanol–water partition coefficient (Wildman–Crippen LogP) is 2.41. The van der Waals surface area contributed by atoms with E-state index in [-0.39, 0.29) is 0 Å². The van der Waals surface area contributed by atoms with Crippen LogP contribution in [0.3, 0.4) is 0 Å². The number of rotatable bonds is 5. The molecule has 0 atom stereocenters. The minimum Gasteiger partial charge on any atom is -0.377 e. The van der Waals surface area contributed by atoms with E-state index in [4.69, 9.17) is 0 Å². The van der Waals surface area contributed by atoms with Gasteiger partial charge in [0, 0.05) is 37.1 Å². The third-order valence-electron chi connectivity index (χ3n) is 3.10. The van der Waals surface area contributed by atoms with Crippen molar-refractivity contribution >= 4 is 26.5 Å². The maximum atomic E-state index is 12.3. The van der Waals surface area contributed by atoms with E-state index in [1.54, 1.807) is 12.1 Å². The van der Waals surface area contributed by atoms with E-state index in [0.717, 1.165) is 16.5 Å². The molecule has 2 aromatic rings. The average Bonchev–Trinajstić information content (AvgIpc) is 2.43. The largest absolute Gasteiger partial charge is 0.377 e. The second-order valence-electron chi connectivity index (χ2n) is 4.77. The molecule has 0 aliphatic carbocycles. The normalized spacial score (nSPS) is 11.8. The van der Waals surface area contributed by atoms with Gasteiger partial charge in [-0.05, 0) is 18.6 Å². The third-order valence-corrected chi connectivity index (χ3v) is 4.62. The number of hydrogen-bond donors (Lipinski definition) is 1. The lowest BCUT2D eigenvalue weighted by Gasteiger charge is -2.17. The summed E-state index contributed by atoms with van der Waals surface area (Å²) in [6.07, 6.45) is 0.521. The molecule has 2 rings (SSSR count). The van der Waals surface area contributed by atoms with E-state index >= 15 is 0 Å². The van der Waals surface area contributed by atoms with Gasteiger partial charge in [0.1, 0.15) is 0 Å². The summed E-state index contributed by atoms with van der Waals surface area (Å²) < 4.78 is 27.2. The van der Waals surface area contributed by atoms with Gasteiger partial charge in [-0.3, -0.25) is 0 Å². The number of fused-ring (bicyclic) bond motifs is 1. The molecular weight excluding hydrogens is 272 g/mol. The highest BCUT2D eigenvalue weighted by Crippen LogP contribution is 2.29. The first-order valence-electron chi connectivity index (χ1n) is 6.45. The minimum atomic E-state index is -3.50. The van der Waals surface area contributed by atoms with E-state index in [0.29, 0.717) is 17.9 Å². The zero-order valence-corrected chi connectivity index (χ0v) is 12.6. The highest BCUT2D eigenvalue weighted by molar-refractivity contribution is 7.89. The van der Waals surface area contributed by atoms with Gasteiger partial charge in [-0.2, -0.15) is 0 Å². The highest BCUT2D eigenvalue weighted by Gasteiger charge is 2.17. The molecule has 0 saturated heterocycles. The molecular formula is C15H19N2O2S. The van der Waals surface area contributed by atoms with Gasteiger partial charge in [-0.1, -0.05) is 31.2 Å². The number of benzene rings is 2. The van der Waals surface area contributed by atoms with Crippen LogP contribution in [0.1, 0.15) is 6.42 Å². The van der Waals surface area contributed by atoms with Gasteiger partial charge in [-0.15, -0.1) is 0 Å². The molecule has 0 aliphatic rings. The SMILES string of the molecule is [CH2]CCNS(=O)(=O)c1cccc2c(N(C)C)cccc12. The fourth-order valence-corrected chi connectivity index (χ4v) is 3.47. The Kier molecular flexibility index (Phi) is 4.30. The standard InChI is InChI=1S/C15H19N2O2S/c1-4-11-16-20(18,19)15-10-6-7-12-13(15)8-5-9-14(12)17(2)3/h5-10,16H,1,4,11H2,2-3H3. The molecule has 0 spiro atoms. The minimum absolute atomic E-state index is 0.312. The summed E-state index contributed by atoms with van der Waals surface area (Å²) in [5.41, 5.74) is 0.997. The maximum absolute atomic E-state index is 12.3. The third kappa shape index (κ3) is 2.78. The van der Waals surface area contributed by atoms with Crippen molar-refractivity contribution < 1.29 is 8.42 Å². The van der Waals surface area contributed by atoms with E-state index < -0.39 is 10.0 Å². The summed E-state index contributed by atoms with van der Waals surface area (Å²) in [6.45, 7) is 3.99. The average molecular weight is 291 g/mol. The summed E-state index contributed by atoms with van der Waals surface area (Å²) >= 11 is 0. The van der Waals surface area contributed by atoms with Gasteiger partial charge < -0.3 is 4.90 Å². The molecule has 107 valence electrons. The first-order valence-corrected chi connectivity index (χ1v) is 7.93. The Morgan fingerprint density at radius 2 is 1.75 bits per heavy atom. The van der Waals surface area contributed by atoms with Crippen LogP contribution in [0.2, 0.25) is 0 Å². The van der Waals surface area contributed by atoms with Crippen molar-refractivity contribution in [3.05, 3.63) is 43.3 Å². The zero-order chi connectivity index (χ0) is 14.8. The Hall–Kier alpha value is -1.59. The van der Waals surface area contributed by atoms with Crippen molar-refractivity contribution in [1.82, 2.24) is 4.72 Å². The predicted molar refractivity (Wildman–Crippen MR) is 83.4 cm³/mol. The number of hydrogen-bond acceptors (Lipinski definition) is 3. The second-order valence-corrected chi connectivity index (χ2v) is 6.51. The van der Waals surface area contributed by atoms with Gasteiger partial charge >= 0.3 is 0 Å². The molecule has 1 N–H and O–H groups in total. The van der Waals surface area contributed by atoms with Gasteiger partial charge in [-0.25, -0.2) is 13.1 Å². The van der Waals surface area contributed by atoms with Crippen molar-refractivity contribution in [2.24, 2.45) is 0 Å². The lowest BCUT2D eigenvalue weighted by atomic mass is 10.1. The topological polar surface area (TPSA) is 49.4 Å². The molecule has 20 heavy (non-hydrogen) atoms. The molecule has 5 heteroatoms. The quantitative estimate of drug-likeness (QED) is 0.920. The Labute approximate surface area is 120 Å². The molecule has 2 aromatic carbocycles. The van der Waals surface area contributed by atoms with Crippen molar-refractivity contribution in [2.45, 2.75) is 11.3 Å². The number of anilines is 1. The second kappa shape index (κ2) is 5.81. The van der Waals surface area contributed by atoms with Crippen molar-refractivity contribution in [3.63, 3.8) is 0 Å². The van der Waals surface area contributed by atoms with Crippen LogP contribution in [-0.4, -0.2) is 29.1 Å². The lowest BCUT2D eigenvalue weighted by molar-refractivity contribution is 0.583. The van der Waals surface area contributed by atoms with Crippen LogP contribution in [0.4, 0.5) is 5.69 Å². The lowest BCUT2D eigenvalue weighted by Crippen LogP contribution is -2.24. The number of sulfonamides is 1. The Bertz CT molecular complexity index is 709.